The third-order valence-electron chi connectivity index (χ3n) is 3.47. The van der Waals surface area contributed by atoms with Gasteiger partial charge in [-0.05, 0) is 37.7 Å². The van der Waals surface area contributed by atoms with E-state index < -0.39 is 10.0 Å². The molecule has 1 aromatic carbocycles. The second kappa shape index (κ2) is 6.09. The molecule has 1 saturated heterocycles. The predicted octanol–water partition coefficient (Wildman–Crippen LogP) is 0.136. The van der Waals surface area contributed by atoms with E-state index in [1.165, 1.54) is 7.11 Å². The van der Waals surface area contributed by atoms with Gasteiger partial charge in [-0.15, -0.1) is 0 Å². The van der Waals surface area contributed by atoms with Crippen molar-refractivity contribution in [2.45, 2.75) is 23.9 Å². The lowest BCUT2D eigenvalue weighted by Gasteiger charge is -2.15. The van der Waals surface area contributed by atoms with Crippen LogP contribution >= 0.6 is 0 Å². The Hall–Kier alpha value is -1.15. The van der Waals surface area contributed by atoms with Gasteiger partial charge in [0.15, 0.2) is 0 Å². The van der Waals surface area contributed by atoms with Gasteiger partial charge in [0.2, 0.25) is 10.0 Å². The van der Waals surface area contributed by atoms with E-state index in [1.807, 2.05) is 7.05 Å². The first-order valence-corrected chi connectivity index (χ1v) is 8.02. The lowest BCUT2D eigenvalue weighted by atomic mass is 10.2. The Labute approximate surface area is 120 Å². The maximum absolute atomic E-state index is 12.4. The van der Waals surface area contributed by atoms with Gasteiger partial charge in [-0.25, -0.2) is 13.1 Å². The van der Waals surface area contributed by atoms with Crippen molar-refractivity contribution >= 4 is 10.0 Å². The Balaban J connectivity index is 2.24. The molecule has 1 fully saturated rings. The maximum Gasteiger partial charge on any atom is 0.244 e. The average molecular weight is 299 g/mol. The monoisotopic (exact) mass is 299 g/mol. The van der Waals surface area contributed by atoms with E-state index in [-0.39, 0.29) is 10.9 Å². The van der Waals surface area contributed by atoms with Crippen LogP contribution in [-0.4, -0.2) is 46.6 Å². The zero-order valence-electron chi connectivity index (χ0n) is 11.8. The van der Waals surface area contributed by atoms with Crippen molar-refractivity contribution in [3.8, 4) is 5.75 Å². The van der Waals surface area contributed by atoms with E-state index in [4.69, 9.17) is 10.5 Å². The molecular formula is C13H21N3O3S. The Kier molecular flexibility index (Phi) is 4.64. The number of nitrogens with two attached hydrogens (primary N) is 1. The van der Waals surface area contributed by atoms with Crippen LogP contribution in [0.5, 0.6) is 5.75 Å². The smallest absolute Gasteiger partial charge is 0.244 e. The number of rotatable bonds is 5. The summed E-state index contributed by atoms with van der Waals surface area (Å²) < 4.78 is 32.8. The number of nitrogens with one attached hydrogen (secondary N) is 1. The first-order valence-electron chi connectivity index (χ1n) is 6.54. The van der Waals surface area contributed by atoms with Gasteiger partial charge in [0.1, 0.15) is 10.6 Å². The summed E-state index contributed by atoms with van der Waals surface area (Å²) in [5.41, 5.74) is 6.39. The SMILES string of the molecule is COc1cc(CN)ccc1S(=O)(=O)NC1CCN(C)C1. The van der Waals surface area contributed by atoms with Gasteiger partial charge in [-0.1, -0.05) is 6.07 Å². The molecular weight excluding hydrogens is 278 g/mol. The zero-order chi connectivity index (χ0) is 14.8. The van der Waals surface area contributed by atoms with E-state index in [0.29, 0.717) is 12.3 Å². The number of benzene rings is 1. The normalized spacial score (nSPS) is 20.2. The van der Waals surface area contributed by atoms with Crippen LogP contribution < -0.4 is 15.2 Å². The lowest BCUT2D eigenvalue weighted by Crippen LogP contribution is -2.36. The number of sulfonamides is 1. The summed E-state index contributed by atoms with van der Waals surface area (Å²) >= 11 is 0. The minimum absolute atomic E-state index is 0.0520. The third kappa shape index (κ3) is 3.29. The molecule has 6 nitrogen and oxygen atoms in total. The highest BCUT2D eigenvalue weighted by molar-refractivity contribution is 7.89. The minimum atomic E-state index is -3.58. The summed E-state index contributed by atoms with van der Waals surface area (Å²) in [5, 5.41) is 0. The maximum atomic E-state index is 12.4. The van der Waals surface area contributed by atoms with Crippen molar-refractivity contribution in [3.05, 3.63) is 23.8 Å². The van der Waals surface area contributed by atoms with E-state index in [1.54, 1.807) is 18.2 Å². The molecule has 0 aromatic heterocycles. The van der Waals surface area contributed by atoms with E-state index in [9.17, 15) is 8.42 Å². The molecule has 1 atom stereocenters. The summed E-state index contributed by atoms with van der Waals surface area (Å²) in [6.07, 6.45) is 0.818. The number of methoxy groups -OCH3 is 1. The van der Waals surface area contributed by atoms with Crippen molar-refractivity contribution in [1.29, 1.82) is 0 Å². The van der Waals surface area contributed by atoms with Gasteiger partial charge >= 0.3 is 0 Å². The molecule has 1 unspecified atom stereocenters. The van der Waals surface area contributed by atoms with Crippen molar-refractivity contribution < 1.29 is 13.2 Å². The summed E-state index contributed by atoms with van der Waals surface area (Å²) in [6, 6.07) is 4.86. The van der Waals surface area contributed by atoms with Crippen LogP contribution in [-0.2, 0) is 16.6 Å². The van der Waals surface area contributed by atoms with Gasteiger partial charge < -0.3 is 15.4 Å². The largest absolute Gasteiger partial charge is 0.495 e. The average Bonchev–Trinajstić information content (AvgIpc) is 2.82. The number of hydrogen-bond donors (Lipinski definition) is 2. The molecule has 0 amide bonds. The lowest BCUT2D eigenvalue weighted by molar-refractivity contribution is 0.399. The molecule has 1 aromatic rings. The number of hydrogen-bond acceptors (Lipinski definition) is 5. The molecule has 0 aliphatic carbocycles. The second-order valence-electron chi connectivity index (χ2n) is 5.06. The first-order chi connectivity index (χ1) is 9.46. The summed E-state index contributed by atoms with van der Waals surface area (Å²) in [7, 11) is -0.144. The fourth-order valence-corrected chi connectivity index (χ4v) is 3.79. The molecule has 112 valence electrons. The highest BCUT2D eigenvalue weighted by Crippen LogP contribution is 2.25. The van der Waals surface area contributed by atoms with Gasteiger partial charge in [-0.2, -0.15) is 0 Å². The molecule has 0 radical (unpaired) electrons. The molecule has 2 rings (SSSR count). The summed E-state index contributed by atoms with van der Waals surface area (Å²) in [6.45, 7) is 1.97. The van der Waals surface area contributed by atoms with Gasteiger partial charge in [0.25, 0.3) is 0 Å². The predicted molar refractivity (Wildman–Crippen MR) is 77.1 cm³/mol. The molecule has 7 heteroatoms. The van der Waals surface area contributed by atoms with E-state index in [2.05, 4.69) is 9.62 Å². The second-order valence-corrected chi connectivity index (χ2v) is 6.74. The van der Waals surface area contributed by atoms with E-state index in [0.717, 1.165) is 25.1 Å². The van der Waals surface area contributed by atoms with Crippen LogP contribution in [0.1, 0.15) is 12.0 Å². The number of ether oxygens (including phenoxy) is 1. The quantitative estimate of drug-likeness (QED) is 0.808. The van der Waals surface area contributed by atoms with Gasteiger partial charge in [0, 0.05) is 19.1 Å². The Morgan fingerprint density at radius 3 is 2.80 bits per heavy atom. The van der Waals surface area contributed by atoms with Crippen LogP contribution in [0.4, 0.5) is 0 Å². The highest BCUT2D eigenvalue weighted by atomic mass is 32.2. The molecule has 0 saturated carbocycles. The standard InChI is InChI=1S/C13H21N3O3S/c1-16-6-5-11(9-16)15-20(17,18)13-4-3-10(8-14)7-12(13)19-2/h3-4,7,11,15H,5-6,8-9,14H2,1-2H3. The Bertz CT molecular complexity index is 574. The number of likely N-dealkylation sites (tertiary alicyclic amines) is 1. The fraction of sp³-hybridized carbons (Fsp3) is 0.538. The molecule has 20 heavy (non-hydrogen) atoms. The Morgan fingerprint density at radius 2 is 2.25 bits per heavy atom. The van der Waals surface area contributed by atoms with Crippen LogP contribution in [0.25, 0.3) is 0 Å². The van der Waals surface area contributed by atoms with Crippen LogP contribution in [0.3, 0.4) is 0 Å². The third-order valence-corrected chi connectivity index (χ3v) is 5.03. The van der Waals surface area contributed by atoms with Crippen molar-refractivity contribution in [2.24, 2.45) is 5.73 Å². The highest BCUT2D eigenvalue weighted by Gasteiger charge is 2.27. The molecule has 1 heterocycles. The topological polar surface area (TPSA) is 84.7 Å². The van der Waals surface area contributed by atoms with Crippen LogP contribution in [0.2, 0.25) is 0 Å². The first kappa shape index (κ1) is 15.2. The zero-order valence-corrected chi connectivity index (χ0v) is 12.6. The minimum Gasteiger partial charge on any atom is -0.495 e. The summed E-state index contributed by atoms with van der Waals surface area (Å²) in [5.74, 6) is 0.326. The fourth-order valence-electron chi connectivity index (χ4n) is 2.38. The van der Waals surface area contributed by atoms with Crippen molar-refractivity contribution in [1.82, 2.24) is 9.62 Å². The number of likely N-dealkylation sites (N-methyl/N-ethyl adjacent to an activating group) is 1. The van der Waals surface area contributed by atoms with Crippen molar-refractivity contribution in [3.63, 3.8) is 0 Å². The van der Waals surface area contributed by atoms with Gasteiger partial charge in [0.05, 0.1) is 7.11 Å². The summed E-state index contributed by atoms with van der Waals surface area (Å²) in [4.78, 5) is 2.26. The molecule has 0 spiro atoms. The van der Waals surface area contributed by atoms with E-state index >= 15 is 0 Å². The van der Waals surface area contributed by atoms with Gasteiger partial charge in [-0.3, -0.25) is 0 Å². The van der Waals surface area contributed by atoms with Crippen LogP contribution in [0, 0.1) is 0 Å². The molecule has 1 aliphatic heterocycles. The van der Waals surface area contributed by atoms with Crippen molar-refractivity contribution in [2.75, 3.05) is 27.2 Å². The molecule has 1 aliphatic rings. The van der Waals surface area contributed by atoms with Crippen LogP contribution in [0.15, 0.2) is 23.1 Å². The molecule has 3 N–H and O–H groups in total. The number of nitrogens with zero attached hydrogens (tertiary/aromatic N) is 1. The molecule has 0 bridgehead atoms. The Morgan fingerprint density at radius 1 is 1.50 bits per heavy atom.